The first-order valence-corrected chi connectivity index (χ1v) is 10.4. The van der Waals surface area contributed by atoms with Crippen molar-refractivity contribution in [2.24, 2.45) is 0 Å². The lowest BCUT2D eigenvalue weighted by Crippen LogP contribution is -2.31. The fourth-order valence-corrected chi connectivity index (χ4v) is 4.38. The third-order valence-electron chi connectivity index (χ3n) is 5.16. The van der Waals surface area contributed by atoms with Gasteiger partial charge in [0.25, 0.3) is 0 Å². The summed E-state index contributed by atoms with van der Waals surface area (Å²) >= 11 is 3.74. The van der Waals surface area contributed by atoms with E-state index in [9.17, 15) is 0 Å². The van der Waals surface area contributed by atoms with Crippen LogP contribution in [0.15, 0.2) is 59.2 Å². The molecule has 140 valence electrons. The van der Waals surface area contributed by atoms with Crippen LogP contribution in [0.25, 0.3) is 10.9 Å². The number of hydrogen-bond donors (Lipinski definition) is 0. The highest BCUT2D eigenvalue weighted by molar-refractivity contribution is 9.10. The van der Waals surface area contributed by atoms with Crippen LogP contribution in [0.4, 0.5) is 0 Å². The number of rotatable bonds is 6. The first-order chi connectivity index (χ1) is 13.2. The van der Waals surface area contributed by atoms with Crippen LogP contribution in [-0.2, 0) is 17.8 Å². The van der Waals surface area contributed by atoms with E-state index < -0.39 is 0 Å². The Bertz CT molecular complexity index is 921. The molecular weight excluding hydrogens is 400 g/mol. The predicted octanol–water partition coefficient (Wildman–Crippen LogP) is 5.49. The monoisotopic (exact) mass is 424 g/mol. The van der Waals surface area contributed by atoms with Crippen molar-refractivity contribution < 1.29 is 4.74 Å². The van der Waals surface area contributed by atoms with Gasteiger partial charge in [-0.3, -0.25) is 9.88 Å². The lowest BCUT2D eigenvalue weighted by atomic mass is 10.1. The van der Waals surface area contributed by atoms with Crippen molar-refractivity contribution in [3.63, 3.8) is 0 Å². The van der Waals surface area contributed by atoms with Crippen LogP contribution < -0.4 is 0 Å². The molecule has 1 aromatic heterocycles. The maximum absolute atomic E-state index is 5.92. The predicted molar refractivity (Wildman–Crippen MR) is 114 cm³/mol. The summed E-state index contributed by atoms with van der Waals surface area (Å²) in [4.78, 5) is 6.94. The van der Waals surface area contributed by atoms with E-state index in [0.29, 0.717) is 6.10 Å². The number of fused-ring (bicyclic) bond motifs is 1. The van der Waals surface area contributed by atoms with E-state index in [2.05, 4.69) is 75.2 Å². The first-order valence-electron chi connectivity index (χ1n) is 9.60. The Kier molecular flexibility index (Phi) is 5.86. The molecule has 0 amide bonds. The highest BCUT2D eigenvalue weighted by atomic mass is 79.9. The molecule has 0 bridgehead atoms. The first kappa shape index (κ1) is 18.6. The Morgan fingerprint density at radius 2 is 2.07 bits per heavy atom. The van der Waals surface area contributed by atoms with Crippen molar-refractivity contribution >= 4 is 26.8 Å². The van der Waals surface area contributed by atoms with Gasteiger partial charge in [-0.05, 0) is 60.7 Å². The molecule has 2 heterocycles. The van der Waals surface area contributed by atoms with Gasteiger partial charge in [0.15, 0.2) is 0 Å². The summed E-state index contributed by atoms with van der Waals surface area (Å²) in [5.41, 5.74) is 4.96. The average Bonchev–Trinajstić information content (AvgIpc) is 3.17. The molecular formula is C23H25BrN2O. The van der Waals surface area contributed by atoms with Gasteiger partial charge >= 0.3 is 0 Å². The molecule has 3 aromatic rings. The van der Waals surface area contributed by atoms with E-state index in [0.717, 1.165) is 38.2 Å². The van der Waals surface area contributed by atoms with Gasteiger partial charge < -0.3 is 4.74 Å². The van der Waals surface area contributed by atoms with Gasteiger partial charge in [-0.1, -0.05) is 40.2 Å². The Morgan fingerprint density at radius 1 is 1.15 bits per heavy atom. The van der Waals surface area contributed by atoms with Crippen molar-refractivity contribution in [1.29, 1.82) is 0 Å². The normalized spacial score (nSPS) is 17.1. The van der Waals surface area contributed by atoms with Crippen molar-refractivity contribution in [3.05, 3.63) is 75.9 Å². The Labute approximate surface area is 169 Å². The topological polar surface area (TPSA) is 25.4 Å². The second-order valence-corrected chi connectivity index (χ2v) is 8.28. The van der Waals surface area contributed by atoms with E-state index in [1.807, 2.05) is 12.3 Å². The maximum Gasteiger partial charge on any atom is 0.0703 e. The van der Waals surface area contributed by atoms with Crippen LogP contribution in [0.5, 0.6) is 0 Å². The maximum atomic E-state index is 5.92. The van der Waals surface area contributed by atoms with Crippen molar-refractivity contribution in [1.82, 2.24) is 9.88 Å². The Hall–Kier alpha value is -1.75. The molecule has 3 nitrogen and oxygen atoms in total. The number of halogens is 1. The number of nitrogens with zero attached hydrogens (tertiary/aromatic N) is 2. The highest BCUT2D eigenvalue weighted by Gasteiger charge is 2.20. The van der Waals surface area contributed by atoms with Crippen LogP contribution in [0.1, 0.15) is 29.5 Å². The van der Waals surface area contributed by atoms with Gasteiger partial charge in [0, 0.05) is 42.3 Å². The molecule has 27 heavy (non-hydrogen) atoms. The summed E-state index contributed by atoms with van der Waals surface area (Å²) < 4.78 is 7.10. The summed E-state index contributed by atoms with van der Waals surface area (Å²) in [5, 5.41) is 1.20. The Balaban J connectivity index is 1.55. The summed E-state index contributed by atoms with van der Waals surface area (Å²) in [6.45, 7) is 5.80. The smallest absolute Gasteiger partial charge is 0.0703 e. The van der Waals surface area contributed by atoms with E-state index in [1.54, 1.807) is 0 Å². The van der Waals surface area contributed by atoms with E-state index in [-0.39, 0.29) is 0 Å². The quantitative estimate of drug-likeness (QED) is 0.523. The number of pyridine rings is 1. The molecule has 1 fully saturated rings. The fourth-order valence-electron chi connectivity index (χ4n) is 3.76. The third-order valence-corrected chi connectivity index (χ3v) is 5.90. The molecule has 4 rings (SSSR count). The molecule has 0 N–H and O–H groups in total. The van der Waals surface area contributed by atoms with Crippen LogP contribution in [0, 0.1) is 6.92 Å². The zero-order valence-electron chi connectivity index (χ0n) is 15.7. The van der Waals surface area contributed by atoms with E-state index in [4.69, 9.17) is 4.74 Å². The zero-order valence-corrected chi connectivity index (χ0v) is 17.3. The minimum absolute atomic E-state index is 0.344. The van der Waals surface area contributed by atoms with Crippen LogP contribution in [-0.4, -0.2) is 29.1 Å². The molecule has 2 aromatic carbocycles. The van der Waals surface area contributed by atoms with Gasteiger partial charge in [-0.2, -0.15) is 0 Å². The SMILES string of the molecule is Cc1ccc(CN(Cc2ccc3ncccc3c2)CC2CCCO2)c(Br)c1. The summed E-state index contributed by atoms with van der Waals surface area (Å²) in [5.74, 6) is 0. The lowest BCUT2D eigenvalue weighted by molar-refractivity contribution is 0.0678. The van der Waals surface area contributed by atoms with Crippen LogP contribution in [0.2, 0.25) is 0 Å². The van der Waals surface area contributed by atoms with E-state index in [1.165, 1.54) is 33.0 Å². The second kappa shape index (κ2) is 8.51. The minimum Gasteiger partial charge on any atom is -0.377 e. The van der Waals surface area contributed by atoms with Gasteiger partial charge in [-0.15, -0.1) is 0 Å². The molecule has 1 aliphatic heterocycles. The molecule has 1 aliphatic rings. The van der Waals surface area contributed by atoms with Gasteiger partial charge in [0.05, 0.1) is 11.6 Å². The fraction of sp³-hybridized carbons (Fsp3) is 0.348. The molecule has 0 saturated carbocycles. The largest absolute Gasteiger partial charge is 0.377 e. The molecule has 0 radical (unpaired) electrons. The molecule has 1 atom stereocenters. The van der Waals surface area contributed by atoms with Crippen molar-refractivity contribution in [2.45, 2.75) is 39.0 Å². The number of aromatic nitrogens is 1. The summed E-state index contributed by atoms with van der Waals surface area (Å²) in [7, 11) is 0. The molecule has 1 unspecified atom stereocenters. The Morgan fingerprint density at radius 3 is 2.89 bits per heavy atom. The molecule has 4 heteroatoms. The number of aryl methyl sites for hydroxylation is 1. The summed E-state index contributed by atoms with van der Waals surface area (Å²) in [6.07, 6.45) is 4.53. The highest BCUT2D eigenvalue weighted by Crippen LogP contribution is 2.23. The number of hydrogen-bond acceptors (Lipinski definition) is 3. The number of benzene rings is 2. The standard InChI is InChI=1S/C23H25BrN2O/c1-17-6-8-20(22(24)12-17)15-26(16-21-5-3-11-27-21)14-18-7-9-23-19(13-18)4-2-10-25-23/h2,4,6-10,12-13,21H,3,5,11,14-16H2,1H3. The van der Waals surface area contributed by atoms with Gasteiger partial charge in [0.1, 0.15) is 0 Å². The third kappa shape index (κ3) is 4.75. The lowest BCUT2D eigenvalue weighted by Gasteiger charge is -2.26. The zero-order chi connectivity index (χ0) is 18.6. The molecule has 1 saturated heterocycles. The minimum atomic E-state index is 0.344. The summed E-state index contributed by atoms with van der Waals surface area (Å²) in [6, 6.07) is 17.3. The van der Waals surface area contributed by atoms with Gasteiger partial charge in [-0.25, -0.2) is 0 Å². The van der Waals surface area contributed by atoms with Crippen LogP contribution >= 0.6 is 15.9 Å². The molecule has 0 aliphatic carbocycles. The van der Waals surface area contributed by atoms with Gasteiger partial charge in [0.2, 0.25) is 0 Å². The second-order valence-electron chi connectivity index (χ2n) is 7.43. The number of ether oxygens (including phenoxy) is 1. The van der Waals surface area contributed by atoms with Crippen molar-refractivity contribution in [3.8, 4) is 0 Å². The van der Waals surface area contributed by atoms with Crippen LogP contribution in [0.3, 0.4) is 0 Å². The average molecular weight is 425 g/mol. The van der Waals surface area contributed by atoms with E-state index >= 15 is 0 Å². The molecule has 0 spiro atoms. The van der Waals surface area contributed by atoms with Crippen molar-refractivity contribution in [2.75, 3.05) is 13.2 Å².